The number of thioether (sulfide) groups is 1. The van der Waals surface area contributed by atoms with E-state index in [1.54, 1.807) is 18.2 Å². The van der Waals surface area contributed by atoms with Gasteiger partial charge >= 0.3 is 6.03 Å². The Morgan fingerprint density at radius 2 is 2.00 bits per heavy atom. The number of allylic oxidation sites excluding steroid dienone is 1. The van der Waals surface area contributed by atoms with Crippen LogP contribution in [0.4, 0.5) is 4.79 Å². The van der Waals surface area contributed by atoms with Crippen LogP contribution in [0.3, 0.4) is 0 Å². The largest absolute Gasteiger partial charge is 0.335 e. The van der Waals surface area contributed by atoms with Crippen LogP contribution in [0.25, 0.3) is 11.4 Å². The van der Waals surface area contributed by atoms with Gasteiger partial charge in [-0.3, -0.25) is 14.7 Å². The lowest BCUT2D eigenvalue weighted by atomic mass is 9.86. The number of carbonyl (C=O) groups excluding carboxylic acids is 2. The molecular formula is C21H26ClN5O2S. The van der Waals surface area contributed by atoms with E-state index >= 15 is 0 Å². The van der Waals surface area contributed by atoms with Crippen molar-refractivity contribution in [3.8, 4) is 11.4 Å². The fraction of sp³-hybridized carbons (Fsp3) is 0.429. The Bertz CT molecular complexity index is 899. The predicted octanol–water partition coefficient (Wildman–Crippen LogP) is 4.28. The Hall–Kier alpha value is -2.32. The third-order valence-electron chi connectivity index (χ3n) is 5.14. The molecule has 1 aliphatic carbocycles. The molecule has 30 heavy (non-hydrogen) atoms. The van der Waals surface area contributed by atoms with Crippen molar-refractivity contribution in [2.24, 2.45) is 5.92 Å². The van der Waals surface area contributed by atoms with Crippen molar-refractivity contribution in [3.05, 3.63) is 41.9 Å². The van der Waals surface area contributed by atoms with Crippen molar-refractivity contribution in [2.75, 3.05) is 5.75 Å². The lowest BCUT2D eigenvalue weighted by molar-refractivity contribution is -0.117. The highest BCUT2D eigenvalue weighted by Crippen LogP contribution is 2.25. The first-order valence-corrected chi connectivity index (χ1v) is 11.4. The van der Waals surface area contributed by atoms with Crippen LogP contribution in [0.2, 0.25) is 5.02 Å². The van der Waals surface area contributed by atoms with Gasteiger partial charge in [0.05, 0.1) is 5.75 Å². The van der Waals surface area contributed by atoms with Gasteiger partial charge in [0.15, 0.2) is 11.0 Å². The number of benzene rings is 1. The summed E-state index contributed by atoms with van der Waals surface area (Å²) in [6.45, 7) is 6.41. The SMILES string of the molecule is C=CCn1c(SCC(=O)NC(=O)NC2CCCCC2C)nnc1-c1ccc(Cl)cc1. The quantitative estimate of drug-likeness (QED) is 0.488. The van der Waals surface area contributed by atoms with Crippen molar-refractivity contribution >= 4 is 35.3 Å². The van der Waals surface area contributed by atoms with Gasteiger partial charge < -0.3 is 5.32 Å². The standard InChI is InChI=1S/C21H26ClN5O2S/c1-3-12-27-19(15-8-10-16(22)11-9-15)25-26-21(27)30-13-18(28)24-20(29)23-17-7-5-4-6-14(17)2/h3,8-11,14,17H,1,4-7,12-13H2,2H3,(H2,23,24,28,29). The molecule has 0 saturated heterocycles. The second kappa shape index (κ2) is 10.6. The molecule has 160 valence electrons. The second-order valence-electron chi connectivity index (χ2n) is 7.39. The number of imide groups is 1. The molecule has 0 bridgehead atoms. The third-order valence-corrected chi connectivity index (χ3v) is 6.36. The van der Waals surface area contributed by atoms with Crippen LogP contribution < -0.4 is 10.6 Å². The first-order valence-electron chi connectivity index (χ1n) is 10.0. The van der Waals surface area contributed by atoms with Gasteiger partial charge in [0.25, 0.3) is 0 Å². The van der Waals surface area contributed by atoms with E-state index in [2.05, 4.69) is 34.3 Å². The summed E-state index contributed by atoms with van der Waals surface area (Å²) in [5, 5.41) is 15.0. The maximum Gasteiger partial charge on any atom is 0.321 e. The average molecular weight is 448 g/mol. The maximum absolute atomic E-state index is 12.2. The molecule has 0 aliphatic heterocycles. The smallest absolute Gasteiger partial charge is 0.321 e. The number of carbonyl (C=O) groups is 2. The molecule has 1 aliphatic rings. The van der Waals surface area contributed by atoms with Gasteiger partial charge in [0.2, 0.25) is 5.91 Å². The Morgan fingerprint density at radius 1 is 1.27 bits per heavy atom. The topological polar surface area (TPSA) is 88.9 Å². The minimum absolute atomic E-state index is 0.0591. The zero-order chi connectivity index (χ0) is 21.5. The molecule has 2 aromatic rings. The molecule has 9 heteroatoms. The molecule has 0 radical (unpaired) electrons. The van der Waals surface area contributed by atoms with Gasteiger partial charge in [-0.25, -0.2) is 4.79 Å². The molecule has 2 unspecified atom stereocenters. The van der Waals surface area contributed by atoms with Gasteiger partial charge in [-0.05, 0) is 43.0 Å². The Kier molecular flexibility index (Phi) is 7.93. The number of rotatable bonds is 7. The van der Waals surface area contributed by atoms with Crippen molar-refractivity contribution in [1.29, 1.82) is 0 Å². The summed E-state index contributed by atoms with van der Waals surface area (Å²) in [4.78, 5) is 24.4. The van der Waals surface area contributed by atoms with E-state index in [-0.39, 0.29) is 17.7 Å². The summed E-state index contributed by atoms with van der Waals surface area (Å²) >= 11 is 7.19. The Balaban J connectivity index is 1.58. The van der Waals surface area contributed by atoms with Crippen LogP contribution >= 0.6 is 23.4 Å². The molecule has 3 amide bonds. The number of nitrogens with one attached hydrogen (secondary N) is 2. The molecule has 7 nitrogen and oxygen atoms in total. The number of halogens is 1. The number of hydrogen-bond acceptors (Lipinski definition) is 5. The van der Waals surface area contributed by atoms with Gasteiger partial charge in [0, 0.05) is 23.2 Å². The molecule has 0 spiro atoms. The first kappa shape index (κ1) is 22.4. The highest BCUT2D eigenvalue weighted by Gasteiger charge is 2.23. The van der Waals surface area contributed by atoms with Gasteiger partial charge in [-0.2, -0.15) is 0 Å². The lowest BCUT2D eigenvalue weighted by Gasteiger charge is -2.29. The first-order chi connectivity index (χ1) is 14.5. The van der Waals surface area contributed by atoms with E-state index in [4.69, 9.17) is 11.6 Å². The molecule has 2 atom stereocenters. The fourth-order valence-electron chi connectivity index (χ4n) is 3.53. The van der Waals surface area contributed by atoms with Gasteiger partial charge in [-0.1, -0.05) is 49.2 Å². The fourth-order valence-corrected chi connectivity index (χ4v) is 4.40. The highest BCUT2D eigenvalue weighted by molar-refractivity contribution is 7.99. The van der Waals surface area contributed by atoms with Gasteiger partial charge in [0.1, 0.15) is 0 Å². The van der Waals surface area contributed by atoms with E-state index in [0.717, 1.165) is 24.8 Å². The average Bonchev–Trinajstić information content (AvgIpc) is 3.11. The zero-order valence-corrected chi connectivity index (χ0v) is 18.5. The number of hydrogen-bond donors (Lipinski definition) is 2. The number of amides is 3. The molecule has 1 aromatic carbocycles. The number of nitrogens with zero attached hydrogens (tertiary/aromatic N) is 3. The van der Waals surface area contributed by atoms with Crippen LogP contribution in [0.15, 0.2) is 42.1 Å². The molecule has 1 fully saturated rings. The second-order valence-corrected chi connectivity index (χ2v) is 8.77. The van der Waals surface area contributed by atoms with Crippen LogP contribution in [0, 0.1) is 5.92 Å². The molecule has 2 N–H and O–H groups in total. The van der Waals surface area contributed by atoms with Crippen LogP contribution in [-0.4, -0.2) is 38.5 Å². The van der Waals surface area contributed by atoms with E-state index in [1.807, 2.05) is 16.7 Å². The summed E-state index contributed by atoms with van der Waals surface area (Å²) in [7, 11) is 0. The third kappa shape index (κ3) is 5.86. The molecule has 3 rings (SSSR count). The van der Waals surface area contributed by atoms with Crippen molar-refractivity contribution in [1.82, 2.24) is 25.4 Å². The monoisotopic (exact) mass is 447 g/mol. The van der Waals surface area contributed by atoms with E-state index in [1.165, 1.54) is 18.2 Å². The van der Waals surface area contributed by atoms with E-state index < -0.39 is 6.03 Å². The molecule has 1 aromatic heterocycles. The Morgan fingerprint density at radius 3 is 2.70 bits per heavy atom. The molecule has 1 saturated carbocycles. The predicted molar refractivity (Wildman–Crippen MR) is 119 cm³/mol. The van der Waals surface area contributed by atoms with Crippen LogP contribution in [0.5, 0.6) is 0 Å². The molecule has 1 heterocycles. The van der Waals surface area contributed by atoms with Crippen LogP contribution in [-0.2, 0) is 11.3 Å². The highest BCUT2D eigenvalue weighted by atomic mass is 35.5. The van der Waals surface area contributed by atoms with Crippen molar-refractivity contribution in [2.45, 2.75) is 50.4 Å². The minimum Gasteiger partial charge on any atom is -0.335 e. The maximum atomic E-state index is 12.2. The van der Waals surface area contributed by atoms with Crippen molar-refractivity contribution < 1.29 is 9.59 Å². The molecular weight excluding hydrogens is 422 g/mol. The van der Waals surface area contributed by atoms with E-state index in [9.17, 15) is 9.59 Å². The van der Waals surface area contributed by atoms with E-state index in [0.29, 0.717) is 28.5 Å². The Labute approximate surface area is 185 Å². The minimum atomic E-state index is -0.436. The van der Waals surface area contributed by atoms with Gasteiger partial charge in [-0.15, -0.1) is 16.8 Å². The van der Waals surface area contributed by atoms with Crippen LogP contribution in [0.1, 0.15) is 32.6 Å². The number of urea groups is 1. The van der Waals surface area contributed by atoms with Crippen molar-refractivity contribution in [3.63, 3.8) is 0 Å². The lowest BCUT2D eigenvalue weighted by Crippen LogP contribution is -2.48. The summed E-state index contributed by atoms with van der Waals surface area (Å²) in [5.41, 5.74) is 0.867. The normalized spacial score (nSPS) is 18.6. The summed E-state index contributed by atoms with van der Waals surface area (Å²) < 4.78 is 1.87. The zero-order valence-electron chi connectivity index (χ0n) is 16.9. The summed E-state index contributed by atoms with van der Waals surface area (Å²) in [5.74, 6) is 0.780. The summed E-state index contributed by atoms with van der Waals surface area (Å²) in [6, 6.07) is 6.99. The number of aromatic nitrogens is 3. The summed E-state index contributed by atoms with van der Waals surface area (Å²) in [6.07, 6.45) is 6.10.